The second-order valence-corrected chi connectivity index (χ2v) is 8.70. The minimum absolute atomic E-state index is 0.0750. The van der Waals surface area contributed by atoms with Crippen molar-refractivity contribution in [3.63, 3.8) is 0 Å². The maximum absolute atomic E-state index is 13.3. The quantitative estimate of drug-likeness (QED) is 0.806. The van der Waals surface area contributed by atoms with E-state index < -0.39 is 10.0 Å². The molecule has 1 saturated heterocycles. The Morgan fingerprint density at radius 2 is 1.78 bits per heavy atom. The van der Waals surface area contributed by atoms with Crippen LogP contribution < -0.4 is 0 Å². The number of nitrogens with zero attached hydrogens (tertiary/aromatic N) is 4. The Kier molecular flexibility index (Phi) is 4.75. The fraction of sp³-hybridized carbons (Fsp3) is 0.800. The van der Waals surface area contributed by atoms with Gasteiger partial charge in [-0.3, -0.25) is 4.68 Å². The Labute approximate surface area is 143 Å². The summed E-state index contributed by atoms with van der Waals surface area (Å²) in [5.74, 6) is 0. The molecule has 0 N–H and O–H groups in total. The van der Waals surface area contributed by atoms with Crippen molar-refractivity contribution < 1.29 is 8.42 Å². The van der Waals surface area contributed by atoms with Gasteiger partial charge in [-0.15, -0.1) is 0 Å². The highest BCUT2D eigenvalue weighted by Crippen LogP contribution is 2.39. The van der Waals surface area contributed by atoms with Crippen molar-refractivity contribution in [3.8, 4) is 0 Å². The predicted octanol–water partition coefficient (Wildman–Crippen LogP) is 2.02. The van der Waals surface area contributed by atoms with Crippen molar-refractivity contribution in [1.29, 1.82) is 0 Å². The summed E-state index contributed by atoms with van der Waals surface area (Å²) in [6.45, 7) is 6.80. The van der Waals surface area contributed by atoms with Crippen LogP contribution in [0.3, 0.4) is 0 Å². The van der Waals surface area contributed by atoms with Crippen molar-refractivity contribution in [1.82, 2.24) is 19.0 Å². The molecule has 0 amide bonds. The number of aryl methyl sites for hydroxylation is 2. The van der Waals surface area contributed by atoms with Crippen molar-refractivity contribution in [2.45, 2.75) is 56.5 Å². The summed E-state index contributed by atoms with van der Waals surface area (Å²) in [5, 5.41) is 4.39. The first kappa shape index (κ1) is 17.2. The van der Waals surface area contributed by atoms with Crippen molar-refractivity contribution in [2.75, 3.05) is 19.6 Å². The summed E-state index contributed by atoms with van der Waals surface area (Å²) in [7, 11) is -1.93. The molecular formula is C15H25ClN4O2S. The topological polar surface area (TPSA) is 58.4 Å². The predicted molar refractivity (Wildman–Crippen MR) is 90.1 cm³/mol. The normalized spacial score (nSPS) is 21.3. The van der Waals surface area contributed by atoms with E-state index in [0.29, 0.717) is 5.69 Å². The van der Waals surface area contributed by atoms with E-state index >= 15 is 0 Å². The van der Waals surface area contributed by atoms with Gasteiger partial charge in [-0.1, -0.05) is 18.5 Å². The smallest absolute Gasteiger partial charge is 0.248 e. The van der Waals surface area contributed by atoms with Crippen LogP contribution in [0.4, 0.5) is 0 Å². The zero-order valence-corrected chi connectivity index (χ0v) is 15.6. The van der Waals surface area contributed by atoms with Gasteiger partial charge in [-0.05, 0) is 52.2 Å². The number of likely N-dealkylation sites (tertiary alicyclic amines) is 1. The minimum atomic E-state index is -3.60. The van der Waals surface area contributed by atoms with Gasteiger partial charge >= 0.3 is 0 Å². The average Bonchev–Trinajstić information content (AvgIpc) is 3.27. The summed E-state index contributed by atoms with van der Waals surface area (Å²) in [5.41, 5.74) is 0.481. The highest BCUT2D eigenvalue weighted by Gasteiger charge is 2.45. The molecule has 0 bridgehead atoms. The molecule has 1 aliphatic carbocycles. The van der Waals surface area contributed by atoms with Gasteiger partial charge in [-0.2, -0.15) is 9.40 Å². The second kappa shape index (κ2) is 6.35. The van der Waals surface area contributed by atoms with Crippen molar-refractivity contribution in [3.05, 3.63) is 10.8 Å². The summed E-state index contributed by atoms with van der Waals surface area (Å²) in [6.07, 6.45) is 3.68. The lowest BCUT2D eigenvalue weighted by Gasteiger charge is -2.37. The molecule has 0 aromatic carbocycles. The zero-order chi connectivity index (χ0) is 16.8. The van der Waals surface area contributed by atoms with Gasteiger partial charge in [-0.25, -0.2) is 8.42 Å². The summed E-state index contributed by atoms with van der Waals surface area (Å²) >= 11 is 6.24. The van der Waals surface area contributed by atoms with Gasteiger partial charge in [0.05, 0.1) is 5.69 Å². The lowest BCUT2D eigenvalue weighted by molar-refractivity contribution is 0.161. The van der Waals surface area contributed by atoms with E-state index in [1.54, 1.807) is 18.3 Å². The van der Waals surface area contributed by atoms with Crippen LogP contribution in [0.2, 0.25) is 5.15 Å². The Balaban J connectivity index is 1.92. The minimum Gasteiger partial charge on any atom is -0.303 e. The number of rotatable bonds is 5. The van der Waals surface area contributed by atoms with E-state index in [0.717, 1.165) is 45.3 Å². The maximum atomic E-state index is 13.3. The van der Waals surface area contributed by atoms with Gasteiger partial charge in [0.15, 0.2) is 0 Å². The van der Waals surface area contributed by atoms with E-state index in [4.69, 9.17) is 11.6 Å². The van der Waals surface area contributed by atoms with Crippen molar-refractivity contribution >= 4 is 21.6 Å². The first-order valence-electron chi connectivity index (χ1n) is 8.31. The molecule has 2 aliphatic rings. The number of halogens is 1. The van der Waals surface area contributed by atoms with E-state index in [2.05, 4.69) is 16.9 Å². The average molecular weight is 361 g/mol. The second-order valence-electron chi connectivity index (χ2n) is 6.56. The molecule has 2 fully saturated rings. The van der Waals surface area contributed by atoms with Crippen LogP contribution >= 0.6 is 11.6 Å². The van der Waals surface area contributed by atoms with Gasteiger partial charge in [0.1, 0.15) is 10.0 Å². The molecule has 8 heteroatoms. The molecule has 0 unspecified atom stereocenters. The van der Waals surface area contributed by atoms with Gasteiger partial charge in [0.25, 0.3) is 0 Å². The molecule has 3 rings (SSSR count). The van der Waals surface area contributed by atoms with Crippen LogP contribution in [0.1, 0.15) is 38.3 Å². The molecule has 0 radical (unpaired) electrons. The van der Waals surface area contributed by atoms with Crippen molar-refractivity contribution in [2.24, 2.45) is 7.05 Å². The van der Waals surface area contributed by atoms with E-state index in [-0.39, 0.29) is 22.1 Å². The molecule has 0 atom stereocenters. The van der Waals surface area contributed by atoms with Gasteiger partial charge in [0.2, 0.25) is 10.0 Å². The van der Waals surface area contributed by atoms with E-state index in [9.17, 15) is 8.42 Å². The Morgan fingerprint density at radius 3 is 2.22 bits per heavy atom. The third kappa shape index (κ3) is 3.16. The Morgan fingerprint density at radius 1 is 1.22 bits per heavy atom. The van der Waals surface area contributed by atoms with Crippen LogP contribution in [0.5, 0.6) is 0 Å². The molecular weight excluding hydrogens is 336 g/mol. The maximum Gasteiger partial charge on any atom is 0.248 e. The highest BCUT2D eigenvalue weighted by atomic mass is 35.5. The molecule has 1 saturated carbocycles. The summed E-state index contributed by atoms with van der Waals surface area (Å²) < 4.78 is 29.8. The molecule has 130 valence electrons. The third-order valence-electron chi connectivity index (χ3n) is 4.91. The number of hydrogen-bond acceptors (Lipinski definition) is 4. The van der Waals surface area contributed by atoms with Crippen LogP contribution in [-0.4, -0.2) is 59.1 Å². The summed E-state index contributed by atoms with van der Waals surface area (Å²) in [4.78, 5) is 2.56. The van der Waals surface area contributed by atoms with Crippen LogP contribution in [-0.2, 0) is 17.1 Å². The lowest BCUT2D eigenvalue weighted by Crippen LogP contribution is -2.48. The van der Waals surface area contributed by atoms with Gasteiger partial charge in [0, 0.05) is 19.1 Å². The van der Waals surface area contributed by atoms with E-state index in [1.165, 1.54) is 4.68 Å². The first-order valence-corrected chi connectivity index (χ1v) is 10.1. The molecule has 2 heterocycles. The zero-order valence-electron chi connectivity index (χ0n) is 14.0. The molecule has 23 heavy (non-hydrogen) atoms. The largest absolute Gasteiger partial charge is 0.303 e. The first-order chi connectivity index (χ1) is 10.9. The van der Waals surface area contributed by atoms with Gasteiger partial charge < -0.3 is 4.90 Å². The Hall–Kier alpha value is -0.630. The molecule has 1 aromatic rings. The number of sulfonamides is 1. The number of aromatic nitrogens is 2. The highest BCUT2D eigenvalue weighted by molar-refractivity contribution is 7.89. The lowest BCUT2D eigenvalue weighted by atomic mass is 10.1. The number of piperidine rings is 1. The molecule has 1 aromatic heterocycles. The monoisotopic (exact) mass is 360 g/mol. The Bertz CT molecular complexity index is 676. The molecule has 0 spiro atoms. The third-order valence-corrected chi connectivity index (χ3v) is 7.61. The van der Waals surface area contributed by atoms with Crippen LogP contribution in [0.15, 0.2) is 4.90 Å². The fourth-order valence-electron chi connectivity index (χ4n) is 3.52. The van der Waals surface area contributed by atoms with E-state index in [1.807, 2.05) is 0 Å². The van der Waals surface area contributed by atoms with Crippen LogP contribution in [0, 0.1) is 6.92 Å². The standard InChI is InChI=1S/C15H25ClN4O2S/c1-4-19-9-7-13(8-10-19)20(12-5-6-12)23(21,22)14-11(2)17-18(3)15(14)16/h12-13H,4-10H2,1-3H3. The van der Waals surface area contributed by atoms with Crippen LogP contribution in [0.25, 0.3) is 0 Å². The fourth-order valence-corrected chi connectivity index (χ4v) is 6.16. The molecule has 6 nitrogen and oxygen atoms in total. The molecule has 1 aliphatic heterocycles. The summed E-state index contributed by atoms with van der Waals surface area (Å²) in [6, 6.07) is 0.208. The number of hydrogen-bond donors (Lipinski definition) is 0. The SMILES string of the molecule is CCN1CCC(N(C2CC2)S(=O)(=O)c2c(C)nn(C)c2Cl)CC1.